The number of halogens is 2. The first-order valence-corrected chi connectivity index (χ1v) is 4.20. The second-order valence-electron chi connectivity index (χ2n) is 2.67. The van der Waals surface area contributed by atoms with Gasteiger partial charge in [-0.3, -0.25) is 0 Å². The lowest BCUT2D eigenvalue weighted by Gasteiger charge is -2.08. The predicted molar refractivity (Wildman–Crippen MR) is 45.7 cm³/mol. The van der Waals surface area contributed by atoms with Gasteiger partial charge in [-0.1, -0.05) is 25.4 Å². The molecule has 1 atom stereocenters. The average molecular weight is 189 g/mol. The van der Waals surface area contributed by atoms with E-state index in [0.717, 1.165) is 6.42 Å². The Morgan fingerprint density at radius 3 is 2.83 bits per heavy atom. The van der Waals surface area contributed by atoms with Crippen molar-refractivity contribution in [1.29, 1.82) is 0 Å². The van der Waals surface area contributed by atoms with Crippen LogP contribution in [0.1, 0.15) is 31.9 Å². The molecule has 2 nitrogen and oxygen atoms in total. The number of nitrogens with zero attached hydrogens (tertiary/aromatic N) is 2. The van der Waals surface area contributed by atoms with E-state index in [-0.39, 0.29) is 11.1 Å². The molecule has 0 bridgehead atoms. The zero-order valence-electron chi connectivity index (χ0n) is 7.01. The summed E-state index contributed by atoms with van der Waals surface area (Å²) in [6.07, 6.45) is 2.12. The van der Waals surface area contributed by atoms with Crippen molar-refractivity contribution in [1.82, 2.24) is 9.97 Å². The Morgan fingerprint density at radius 2 is 2.25 bits per heavy atom. The van der Waals surface area contributed by atoms with Crippen molar-refractivity contribution in [3.63, 3.8) is 0 Å². The van der Waals surface area contributed by atoms with Crippen molar-refractivity contribution in [3.05, 3.63) is 23.0 Å². The highest BCUT2D eigenvalue weighted by Crippen LogP contribution is 2.22. The van der Waals surface area contributed by atoms with E-state index >= 15 is 0 Å². The van der Waals surface area contributed by atoms with E-state index in [1.54, 1.807) is 0 Å². The molecule has 1 heterocycles. The summed E-state index contributed by atoms with van der Waals surface area (Å²) in [6, 6.07) is 0. The van der Waals surface area contributed by atoms with Gasteiger partial charge in [0.15, 0.2) is 11.0 Å². The molecule has 0 spiro atoms. The van der Waals surface area contributed by atoms with Gasteiger partial charge in [0.05, 0.1) is 5.69 Å². The Hall–Kier alpha value is -0.700. The van der Waals surface area contributed by atoms with Gasteiger partial charge in [-0.2, -0.15) is 0 Å². The topological polar surface area (TPSA) is 25.8 Å². The van der Waals surface area contributed by atoms with Crippen LogP contribution < -0.4 is 0 Å². The molecule has 0 amide bonds. The maximum atomic E-state index is 13.2. The third-order valence-corrected chi connectivity index (χ3v) is 2.12. The van der Waals surface area contributed by atoms with Crippen molar-refractivity contribution in [2.75, 3.05) is 0 Å². The molecule has 0 aliphatic carbocycles. The van der Waals surface area contributed by atoms with Crippen molar-refractivity contribution >= 4 is 11.6 Å². The van der Waals surface area contributed by atoms with E-state index < -0.39 is 5.82 Å². The molecule has 1 unspecified atom stereocenters. The predicted octanol–water partition coefficient (Wildman–Crippen LogP) is 2.78. The quantitative estimate of drug-likeness (QED) is 0.667. The molecular weight excluding hydrogens is 179 g/mol. The lowest BCUT2D eigenvalue weighted by atomic mass is 10.1. The largest absolute Gasteiger partial charge is 0.238 e. The number of hydrogen-bond donors (Lipinski definition) is 0. The van der Waals surface area contributed by atoms with Gasteiger partial charge in [-0.15, -0.1) is 0 Å². The van der Waals surface area contributed by atoms with Crippen LogP contribution in [0.5, 0.6) is 0 Å². The summed E-state index contributed by atoms with van der Waals surface area (Å²) in [4.78, 5) is 7.37. The Labute approximate surface area is 75.8 Å². The molecule has 12 heavy (non-hydrogen) atoms. The average Bonchev–Trinajstić information content (AvgIpc) is 2.08. The fourth-order valence-corrected chi connectivity index (χ4v) is 1.04. The van der Waals surface area contributed by atoms with Crippen molar-refractivity contribution < 1.29 is 4.39 Å². The van der Waals surface area contributed by atoms with E-state index in [4.69, 9.17) is 11.6 Å². The van der Waals surface area contributed by atoms with Crippen LogP contribution in [0.2, 0.25) is 5.15 Å². The minimum absolute atomic E-state index is 0.0884. The molecule has 0 aromatic carbocycles. The van der Waals surface area contributed by atoms with Crippen LogP contribution in [0, 0.1) is 5.82 Å². The Morgan fingerprint density at radius 1 is 1.58 bits per heavy atom. The summed E-state index contributed by atoms with van der Waals surface area (Å²) in [5, 5.41) is -0.0969. The maximum absolute atomic E-state index is 13.2. The molecule has 66 valence electrons. The first kappa shape index (κ1) is 9.39. The van der Waals surface area contributed by atoms with Crippen molar-refractivity contribution in [2.45, 2.75) is 26.2 Å². The summed E-state index contributed by atoms with van der Waals surface area (Å²) in [6.45, 7) is 3.88. The SMILES string of the molecule is CCC(C)c1ncnc(Cl)c1F. The molecular formula is C8H10ClFN2. The van der Waals surface area contributed by atoms with E-state index in [0.29, 0.717) is 5.69 Å². The summed E-state index contributed by atoms with van der Waals surface area (Å²) >= 11 is 5.49. The first-order chi connectivity index (χ1) is 5.66. The highest BCUT2D eigenvalue weighted by atomic mass is 35.5. The number of rotatable bonds is 2. The first-order valence-electron chi connectivity index (χ1n) is 3.82. The molecule has 1 rings (SSSR count). The fourth-order valence-electron chi connectivity index (χ4n) is 0.898. The summed E-state index contributed by atoms with van der Waals surface area (Å²) in [5.74, 6) is -0.404. The van der Waals surface area contributed by atoms with Gasteiger partial charge in [0, 0.05) is 5.92 Å². The highest BCUT2D eigenvalue weighted by Gasteiger charge is 2.13. The lowest BCUT2D eigenvalue weighted by Crippen LogP contribution is -2.01. The van der Waals surface area contributed by atoms with Crippen molar-refractivity contribution in [2.24, 2.45) is 0 Å². The Balaban J connectivity index is 3.07. The van der Waals surface area contributed by atoms with Crippen LogP contribution in [-0.4, -0.2) is 9.97 Å². The van der Waals surface area contributed by atoms with Crippen LogP contribution >= 0.6 is 11.6 Å². The second kappa shape index (κ2) is 3.81. The van der Waals surface area contributed by atoms with E-state index in [1.807, 2.05) is 13.8 Å². The summed E-state index contributed by atoms with van der Waals surface area (Å²) in [7, 11) is 0. The van der Waals surface area contributed by atoms with Crippen LogP contribution in [0.3, 0.4) is 0 Å². The summed E-state index contributed by atoms with van der Waals surface area (Å²) in [5.41, 5.74) is 0.400. The standard InChI is InChI=1S/C8H10ClFN2/c1-3-5(2)7-6(10)8(9)12-4-11-7/h4-5H,3H2,1-2H3. The van der Waals surface area contributed by atoms with E-state index in [1.165, 1.54) is 6.33 Å². The normalized spacial score (nSPS) is 13.0. The zero-order valence-corrected chi connectivity index (χ0v) is 7.77. The molecule has 0 saturated carbocycles. The minimum Gasteiger partial charge on any atom is -0.238 e. The molecule has 0 N–H and O–H groups in total. The monoisotopic (exact) mass is 188 g/mol. The van der Waals surface area contributed by atoms with Gasteiger partial charge in [-0.05, 0) is 6.42 Å². The van der Waals surface area contributed by atoms with Gasteiger partial charge in [-0.25, -0.2) is 14.4 Å². The van der Waals surface area contributed by atoms with Crippen LogP contribution in [-0.2, 0) is 0 Å². The number of aromatic nitrogens is 2. The van der Waals surface area contributed by atoms with Crippen LogP contribution in [0.15, 0.2) is 6.33 Å². The minimum atomic E-state index is -0.492. The molecule has 0 radical (unpaired) electrons. The smallest absolute Gasteiger partial charge is 0.182 e. The van der Waals surface area contributed by atoms with Crippen molar-refractivity contribution in [3.8, 4) is 0 Å². The van der Waals surface area contributed by atoms with E-state index in [2.05, 4.69) is 9.97 Å². The van der Waals surface area contributed by atoms with Gasteiger partial charge in [0.25, 0.3) is 0 Å². The lowest BCUT2D eigenvalue weighted by molar-refractivity contribution is 0.560. The van der Waals surface area contributed by atoms with Gasteiger partial charge < -0.3 is 0 Å². The van der Waals surface area contributed by atoms with E-state index in [9.17, 15) is 4.39 Å². The van der Waals surface area contributed by atoms with Crippen LogP contribution in [0.4, 0.5) is 4.39 Å². The highest BCUT2D eigenvalue weighted by molar-refractivity contribution is 6.29. The van der Waals surface area contributed by atoms with Gasteiger partial charge in [0.1, 0.15) is 6.33 Å². The fraction of sp³-hybridized carbons (Fsp3) is 0.500. The molecule has 0 aliphatic rings. The molecule has 1 aromatic heterocycles. The Bertz CT molecular complexity index is 278. The Kier molecular flexibility index (Phi) is 2.98. The molecule has 1 aromatic rings. The molecule has 0 aliphatic heterocycles. The second-order valence-corrected chi connectivity index (χ2v) is 3.03. The summed E-state index contributed by atoms with van der Waals surface area (Å²) < 4.78 is 13.2. The maximum Gasteiger partial charge on any atom is 0.182 e. The van der Waals surface area contributed by atoms with Gasteiger partial charge in [0.2, 0.25) is 0 Å². The molecule has 4 heteroatoms. The molecule has 0 saturated heterocycles. The third-order valence-electron chi connectivity index (χ3n) is 1.85. The molecule has 0 fully saturated rings. The van der Waals surface area contributed by atoms with Crippen LogP contribution in [0.25, 0.3) is 0 Å². The number of hydrogen-bond acceptors (Lipinski definition) is 2. The third kappa shape index (κ3) is 1.72. The zero-order chi connectivity index (χ0) is 9.14. The van der Waals surface area contributed by atoms with Gasteiger partial charge >= 0.3 is 0 Å².